The van der Waals surface area contributed by atoms with Crippen molar-refractivity contribution in [2.24, 2.45) is 0 Å². The number of anilines is 1. The van der Waals surface area contributed by atoms with E-state index >= 15 is 0 Å². The van der Waals surface area contributed by atoms with E-state index in [4.69, 9.17) is 23.8 Å². The molecule has 1 fully saturated rings. The number of nitrogens with zero attached hydrogens (tertiary/aromatic N) is 2. The summed E-state index contributed by atoms with van der Waals surface area (Å²) in [6.45, 7) is 10.3. The van der Waals surface area contributed by atoms with Gasteiger partial charge in [-0.2, -0.15) is 0 Å². The summed E-state index contributed by atoms with van der Waals surface area (Å²) >= 11 is 11.6. The van der Waals surface area contributed by atoms with Gasteiger partial charge in [0.05, 0.1) is 0 Å². The van der Waals surface area contributed by atoms with Crippen LogP contribution in [0.1, 0.15) is 25.8 Å². The summed E-state index contributed by atoms with van der Waals surface area (Å²) in [5.74, 6) is 0. The topological polar surface area (TPSA) is 18.5 Å². The van der Waals surface area contributed by atoms with Gasteiger partial charge in [-0.05, 0) is 50.2 Å². The van der Waals surface area contributed by atoms with Gasteiger partial charge in [-0.15, -0.1) is 0 Å². The fourth-order valence-electron chi connectivity index (χ4n) is 2.48. The van der Waals surface area contributed by atoms with Crippen molar-refractivity contribution in [3.8, 4) is 0 Å². The fourth-order valence-corrected chi connectivity index (χ4v) is 3.03. The van der Waals surface area contributed by atoms with E-state index < -0.39 is 0 Å². The maximum atomic E-state index is 6.12. The minimum atomic E-state index is 0.436. The number of piperazine rings is 1. The lowest BCUT2D eigenvalue weighted by atomic mass is 10.1. The van der Waals surface area contributed by atoms with E-state index in [1.165, 1.54) is 11.3 Å². The highest BCUT2D eigenvalue weighted by atomic mass is 35.5. The first-order valence-corrected chi connectivity index (χ1v) is 8.36. The van der Waals surface area contributed by atoms with Gasteiger partial charge < -0.3 is 15.1 Å². The van der Waals surface area contributed by atoms with E-state index in [2.05, 4.69) is 48.0 Å². The summed E-state index contributed by atoms with van der Waals surface area (Å²) in [7, 11) is 0. The first kappa shape index (κ1) is 16.4. The molecule has 0 saturated carbocycles. The van der Waals surface area contributed by atoms with Crippen LogP contribution in [0.2, 0.25) is 5.02 Å². The minimum absolute atomic E-state index is 0.436. The van der Waals surface area contributed by atoms with Gasteiger partial charge in [0.15, 0.2) is 5.11 Å². The van der Waals surface area contributed by atoms with Gasteiger partial charge in [0, 0.05) is 42.9 Å². The van der Waals surface area contributed by atoms with Gasteiger partial charge in [0.25, 0.3) is 0 Å². The molecule has 0 amide bonds. The lowest BCUT2D eigenvalue weighted by molar-refractivity contribution is 0.375. The number of aryl methyl sites for hydroxylation is 1. The van der Waals surface area contributed by atoms with Crippen LogP contribution in [-0.4, -0.2) is 42.2 Å². The SMILES string of the molecule is CC[C@@H](C)NC(=S)N1CCN(c2cc(Cl)ccc2C)CC1. The number of thiocarbonyl (C=S) groups is 1. The van der Waals surface area contributed by atoms with Crippen molar-refractivity contribution in [1.29, 1.82) is 0 Å². The van der Waals surface area contributed by atoms with Gasteiger partial charge in [0.1, 0.15) is 0 Å². The average Bonchev–Trinajstić information content (AvgIpc) is 2.49. The Morgan fingerprint density at radius 2 is 2.00 bits per heavy atom. The quantitative estimate of drug-likeness (QED) is 0.858. The number of hydrogen-bond donors (Lipinski definition) is 1. The number of rotatable bonds is 3. The summed E-state index contributed by atoms with van der Waals surface area (Å²) in [5.41, 5.74) is 2.51. The Morgan fingerprint density at radius 1 is 1.33 bits per heavy atom. The molecule has 2 rings (SSSR count). The second-order valence-corrected chi connectivity index (χ2v) is 6.49. The first-order valence-electron chi connectivity index (χ1n) is 7.57. The van der Waals surface area contributed by atoms with E-state index in [0.29, 0.717) is 6.04 Å². The van der Waals surface area contributed by atoms with Gasteiger partial charge in [-0.25, -0.2) is 0 Å². The van der Waals surface area contributed by atoms with Crippen LogP contribution in [0.25, 0.3) is 0 Å². The van der Waals surface area contributed by atoms with Crippen LogP contribution < -0.4 is 10.2 Å². The van der Waals surface area contributed by atoms with Crippen LogP contribution >= 0.6 is 23.8 Å². The van der Waals surface area contributed by atoms with E-state index in [9.17, 15) is 0 Å². The molecule has 1 saturated heterocycles. The molecular weight excluding hydrogens is 302 g/mol. The van der Waals surface area contributed by atoms with Crippen LogP contribution in [0.4, 0.5) is 5.69 Å². The van der Waals surface area contributed by atoms with E-state index in [-0.39, 0.29) is 0 Å². The molecule has 3 nitrogen and oxygen atoms in total. The molecule has 1 aliphatic rings. The van der Waals surface area contributed by atoms with Crippen LogP contribution in [0, 0.1) is 6.92 Å². The summed E-state index contributed by atoms with van der Waals surface area (Å²) in [5, 5.41) is 5.07. The summed E-state index contributed by atoms with van der Waals surface area (Å²) in [6.07, 6.45) is 1.09. The zero-order chi connectivity index (χ0) is 15.4. The molecule has 21 heavy (non-hydrogen) atoms. The molecule has 1 aliphatic heterocycles. The first-order chi connectivity index (χ1) is 10.0. The van der Waals surface area contributed by atoms with Crippen molar-refractivity contribution in [2.75, 3.05) is 31.1 Å². The summed E-state index contributed by atoms with van der Waals surface area (Å²) in [6, 6.07) is 6.52. The molecular formula is C16H24ClN3S. The van der Waals surface area contributed by atoms with Crippen molar-refractivity contribution in [2.45, 2.75) is 33.2 Å². The van der Waals surface area contributed by atoms with Crippen LogP contribution in [0.15, 0.2) is 18.2 Å². The lowest BCUT2D eigenvalue weighted by Gasteiger charge is -2.38. The predicted octanol–water partition coefficient (Wildman–Crippen LogP) is 3.44. The van der Waals surface area contributed by atoms with Crippen LogP contribution in [0.5, 0.6) is 0 Å². The molecule has 0 spiro atoms. The standard InChI is InChI=1S/C16H24ClN3S/c1-4-13(3)18-16(21)20-9-7-19(8-10-20)15-11-14(17)6-5-12(15)2/h5-6,11,13H,4,7-10H2,1-3H3,(H,18,21)/t13-/m1/s1. The van der Waals surface area contributed by atoms with Crippen molar-refractivity contribution in [3.05, 3.63) is 28.8 Å². The van der Waals surface area contributed by atoms with Crippen molar-refractivity contribution >= 4 is 34.6 Å². The molecule has 0 unspecified atom stereocenters. The van der Waals surface area contributed by atoms with Crippen LogP contribution in [0.3, 0.4) is 0 Å². The minimum Gasteiger partial charge on any atom is -0.368 e. The number of nitrogens with one attached hydrogen (secondary N) is 1. The Bertz CT molecular complexity index is 498. The molecule has 1 N–H and O–H groups in total. The Balaban J connectivity index is 1.94. The fraction of sp³-hybridized carbons (Fsp3) is 0.562. The van der Waals surface area contributed by atoms with Crippen molar-refractivity contribution < 1.29 is 0 Å². The highest BCUT2D eigenvalue weighted by Gasteiger charge is 2.20. The van der Waals surface area contributed by atoms with E-state index in [1.54, 1.807) is 0 Å². The lowest BCUT2D eigenvalue weighted by Crippen LogP contribution is -2.53. The molecule has 1 heterocycles. The van der Waals surface area contributed by atoms with Gasteiger partial charge >= 0.3 is 0 Å². The second-order valence-electron chi connectivity index (χ2n) is 5.66. The smallest absolute Gasteiger partial charge is 0.169 e. The highest BCUT2D eigenvalue weighted by molar-refractivity contribution is 7.80. The van der Waals surface area contributed by atoms with Crippen molar-refractivity contribution in [1.82, 2.24) is 10.2 Å². The Kier molecular flexibility index (Phi) is 5.71. The van der Waals surface area contributed by atoms with E-state index in [1.807, 2.05) is 6.07 Å². The molecule has 1 atom stereocenters. The Hall–Kier alpha value is -1.00. The van der Waals surface area contributed by atoms with Gasteiger partial charge in [-0.3, -0.25) is 0 Å². The summed E-state index contributed by atoms with van der Waals surface area (Å²) in [4.78, 5) is 4.65. The maximum absolute atomic E-state index is 6.12. The molecule has 5 heteroatoms. The van der Waals surface area contributed by atoms with Crippen molar-refractivity contribution in [3.63, 3.8) is 0 Å². The number of hydrogen-bond acceptors (Lipinski definition) is 2. The van der Waals surface area contributed by atoms with Crippen LogP contribution in [-0.2, 0) is 0 Å². The predicted molar refractivity (Wildman–Crippen MR) is 95.5 cm³/mol. The number of halogens is 1. The molecule has 0 aromatic heterocycles. The second kappa shape index (κ2) is 7.32. The maximum Gasteiger partial charge on any atom is 0.169 e. The highest BCUT2D eigenvalue weighted by Crippen LogP contribution is 2.25. The Labute approximate surface area is 138 Å². The summed E-state index contributed by atoms with van der Waals surface area (Å²) < 4.78 is 0. The molecule has 0 radical (unpaired) electrons. The van der Waals surface area contributed by atoms with E-state index in [0.717, 1.165) is 42.7 Å². The third kappa shape index (κ3) is 4.24. The average molecular weight is 326 g/mol. The molecule has 0 aliphatic carbocycles. The molecule has 116 valence electrons. The normalized spacial score (nSPS) is 16.8. The number of benzene rings is 1. The van der Waals surface area contributed by atoms with Gasteiger partial charge in [0.2, 0.25) is 0 Å². The third-order valence-corrected chi connectivity index (χ3v) is 4.67. The molecule has 0 bridgehead atoms. The monoisotopic (exact) mass is 325 g/mol. The molecule has 1 aromatic rings. The van der Waals surface area contributed by atoms with Gasteiger partial charge in [-0.1, -0.05) is 24.6 Å². The zero-order valence-corrected chi connectivity index (χ0v) is 14.6. The Morgan fingerprint density at radius 3 is 2.62 bits per heavy atom. The third-order valence-electron chi connectivity index (χ3n) is 4.06. The zero-order valence-electron chi connectivity index (χ0n) is 13.0. The molecule has 1 aromatic carbocycles. The largest absolute Gasteiger partial charge is 0.368 e.